The van der Waals surface area contributed by atoms with Gasteiger partial charge in [0.25, 0.3) is 0 Å². The molecule has 0 aromatic heterocycles. The van der Waals surface area contributed by atoms with Gasteiger partial charge in [0.2, 0.25) is 0 Å². The van der Waals surface area contributed by atoms with Crippen LogP contribution in [-0.2, 0) is 6.54 Å². The van der Waals surface area contributed by atoms with Gasteiger partial charge < -0.3 is 10.2 Å². The Bertz CT molecular complexity index is 411. The maximum atomic E-state index is 3.61. The van der Waals surface area contributed by atoms with Gasteiger partial charge in [0.1, 0.15) is 0 Å². The van der Waals surface area contributed by atoms with Crippen molar-refractivity contribution < 1.29 is 0 Å². The highest BCUT2D eigenvalue weighted by molar-refractivity contribution is 9.10. The standard InChI is InChI=1S/C15H23BrN2/c1-12-5-6-13(9-14(12)16)10-17-11-15(18(2)3)7-4-8-15/h5-6,9,17H,4,7-8,10-11H2,1-3H3. The van der Waals surface area contributed by atoms with Gasteiger partial charge >= 0.3 is 0 Å². The Morgan fingerprint density at radius 3 is 2.56 bits per heavy atom. The molecule has 1 saturated carbocycles. The van der Waals surface area contributed by atoms with Gasteiger partial charge in [0.15, 0.2) is 0 Å². The minimum absolute atomic E-state index is 0.405. The minimum Gasteiger partial charge on any atom is -0.311 e. The average Bonchev–Trinajstić information content (AvgIpc) is 2.26. The third-order valence-electron chi connectivity index (χ3n) is 4.25. The molecule has 3 heteroatoms. The fourth-order valence-corrected chi connectivity index (χ4v) is 2.98. The van der Waals surface area contributed by atoms with Crippen molar-refractivity contribution in [2.45, 2.75) is 38.3 Å². The van der Waals surface area contributed by atoms with Crippen molar-refractivity contribution in [2.75, 3.05) is 20.6 Å². The molecule has 0 unspecified atom stereocenters. The number of halogens is 1. The molecule has 1 aromatic rings. The lowest BCUT2D eigenvalue weighted by Gasteiger charge is -2.47. The van der Waals surface area contributed by atoms with E-state index in [0.717, 1.165) is 13.1 Å². The van der Waals surface area contributed by atoms with Crippen LogP contribution in [0.15, 0.2) is 22.7 Å². The average molecular weight is 311 g/mol. The smallest absolute Gasteiger partial charge is 0.0328 e. The van der Waals surface area contributed by atoms with E-state index in [0.29, 0.717) is 5.54 Å². The van der Waals surface area contributed by atoms with Crippen LogP contribution in [0.1, 0.15) is 30.4 Å². The van der Waals surface area contributed by atoms with Gasteiger partial charge in [-0.3, -0.25) is 0 Å². The minimum atomic E-state index is 0.405. The highest BCUT2D eigenvalue weighted by Crippen LogP contribution is 2.35. The first-order valence-electron chi connectivity index (χ1n) is 6.67. The van der Waals surface area contributed by atoms with Gasteiger partial charge in [-0.15, -0.1) is 0 Å². The lowest BCUT2D eigenvalue weighted by molar-refractivity contribution is 0.0598. The zero-order valence-electron chi connectivity index (χ0n) is 11.6. The fourth-order valence-electron chi connectivity index (χ4n) is 2.55. The summed E-state index contributed by atoms with van der Waals surface area (Å²) < 4.78 is 1.20. The summed E-state index contributed by atoms with van der Waals surface area (Å²) in [5.41, 5.74) is 3.05. The molecule has 0 amide bonds. The SMILES string of the molecule is Cc1ccc(CNCC2(N(C)C)CCC2)cc1Br. The fraction of sp³-hybridized carbons (Fsp3) is 0.600. The quantitative estimate of drug-likeness (QED) is 0.897. The first kappa shape index (κ1) is 14.0. The number of nitrogens with one attached hydrogen (secondary N) is 1. The molecule has 0 heterocycles. The molecule has 100 valence electrons. The summed E-state index contributed by atoms with van der Waals surface area (Å²) in [5.74, 6) is 0. The summed E-state index contributed by atoms with van der Waals surface area (Å²) in [4.78, 5) is 2.38. The Hall–Kier alpha value is -0.380. The van der Waals surface area contributed by atoms with E-state index in [1.165, 1.54) is 34.9 Å². The van der Waals surface area contributed by atoms with Gasteiger partial charge in [-0.25, -0.2) is 0 Å². The van der Waals surface area contributed by atoms with Crippen LogP contribution in [0.5, 0.6) is 0 Å². The summed E-state index contributed by atoms with van der Waals surface area (Å²) in [6, 6.07) is 6.59. The van der Waals surface area contributed by atoms with Crippen molar-refractivity contribution in [2.24, 2.45) is 0 Å². The predicted molar refractivity (Wildman–Crippen MR) is 80.9 cm³/mol. The molecular weight excluding hydrogens is 288 g/mol. The Morgan fingerprint density at radius 1 is 1.33 bits per heavy atom. The van der Waals surface area contributed by atoms with Crippen molar-refractivity contribution in [1.29, 1.82) is 0 Å². The zero-order valence-corrected chi connectivity index (χ0v) is 13.2. The molecule has 1 fully saturated rings. The van der Waals surface area contributed by atoms with Crippen LogP contribution in [0.25, 0.3) is 0 Å². The van der Waals surface area contributed by atoms with E-state index in [9.17, 15) is 0 Å². The summed E-state index contributed by atoms with van der Waals surface area (Å²) in [5, 5.41) is 3.61. The molecule has 0 radical (unpaired) electrons. The molecule has 1 aliphatic carbocycles. The molecule has 0 aliphatic heterocycles. The van der Waals surface area contributed by atoms with E-state index < -0.39 is 0 Å². The van der Waals surface area contributed by atoms with Gasteiger partial charge in [0, 0.05) is 23.1 Å². The second kappa shape index (κ2) is 5.72. The summed E-state index contributed by atoms with van der Waals surface area (Å²) in [6.45, 7) is 4.16. The Kier molecular flexibility index (Phi) is 4.46. The van der Waals surface area contributed by atoms with Gasteiger partial charge in [-0.2, -0.15) is 0 Å². The second-order valence-corrected chi connectivity index (χ2v) is 6.51. The van der Waals surface area contributed by atoms with Crippen LogP contribution in [-0.4, -0.2) is 31.1 Å². The number of likely N-dealkylation sites (N-methyl/N-ethyl adjacent to an activating group) is 1. The lowest BCUT2D eigenvalue weighted by Crippen LogP contribution is -2.56. The monoisotopic (exact) mass is 310 g/mol. The van der Waals surface area contributed by atoms with Crippen LogP contribution in [0.2, 0.25) is 0 Å². The third kappa shape index (κ3) is 2.95. The second-order valence-electron chi connectivity index (χ2n) is 5.66. The third-order valence-corrected chi connectivity index (χ3v) is 5.11. The molecule has 1 aliphatic rings. The lowest BCUT2D eigenvalue weighted by atomic mass is 9.75. The van der Waals surface area contributed by atoms with Gasteiger partial charge in [-0.05, 0) is 57.5 Å². The van der Waals surface area contributed by atoms with Crippen molar-refractivity contribution in [1.82, 2.24) is 10.2 Å². The number of hydrogen-bond acceptors (Lipinski definition) is 2. The Morgan fingerprint density at radius 2 is 2.06 bits per heavy atom. The molecule has 1 N–H and O–H groups in total. The molecule has 18 heavy (non-hydrogen) atoms. The molecule has 0 bridgehead atoms. The van der Waals surface area contributed by atoms with Crippen molar-refractivity contribution in [3.63, 3.8) is 0 Å². The van der Waals surface area contributed by atoms with E-state index in [2.05, 4.69) is 65.4 Å². The molecule has 0 spiro atoms. The van der Waals surface area contributed by atoms with E-state index in [4.69, 9.17) is 0 Å². The van der Waals surface area contributed by atoms with Crippen LogP contribution in [0.3, 0.4) is 0 Å². The van der Waals surface area contributed by atoms with Gasteiger partial charge in [0.05, 0.1) is 0 Å². The number of nitrogens with zero attached hydrogens (tertiary/aromatic N) is 1. The highest BCUT2D eigenvalue weighted by atomic mass is 79.9. The predicted octanol–water partition coefficient (Wildman–Crippen LogP) is 3.33. The van der Waals surface area contributed by atoms with Crippen molar-refractivity contribution in [3.8, 4) is 0 Å². The first-order chi connectivity index (χ1) is 8.53. The Labute approximate surface area is 119 Å². The zero-order chi connectivity index (χ0) is 13.2. The molecule has 2 rings (SSSR count). The number of benzene rings is 1. The van der Waals surface area contributed by atoms with E-state index in [1.807, 2.05) is 0 Å². The molecule has 1 aromatic carbocycles. The van der Waals surface area contributed by atoms with E-state index >= 15 is 0 Å². The van der Waals surface area contributed by atoms with Crippen LogP contribution in [0, 0.1) is 6.92 Å². The van der Waals surface area contributed by atoms with E-state index in [-0.39, 0.29) is 0 Å². The van der Waals surface area contributed by atoms with Crippen LogP contribution >= 0.6 is 15.9 Å². The molecule has 0 saturated heterocycles. The normalized spacial score (nSPS) is 17.8. The summed E-state index contributed by atoms with van der Waals surface area (Å²) in [7, 11) is 4.40. The number of aryl methyl sites for hydroxylation is 1. The van der Waals surface area contributed by atoms with Crippen molar-refractivity contribution >= 4 is 15.9 Å². The molecule has 0 atom stereocenters. The summed E-state index contributed by atoms with van der Waals surface area (Å²) in [6.07, 6.45) is 4.02. The first-order valence-corrected chi connectivity index (χ1v) is 7.46. The maximum Gasteiger partial charge on any atom is 0.0328 e. The molecule has 2 nitrogen and oxygen atoms in total. The maximum absolute atomic E-state index is 3.61. The van der Waals surface area contributed by atoms with Crippen LogP contribution in [0.4, 0.5) is 0 Å². The van der Waals surface area contributed by atoms with Gasteiger partial charge in [-0.1, -0.05) is 28.1 Å². The summed E-state index contributed by atoms with van der Waals surface area (Å²) >= 11 is 3.59. The number of hydrogen-bond donors (Lipinski definition) is 1. The van der Waals surface area contributed by atoms with Crippen LogP contribution < -0.4 is 5.32 Å². The van der Waals surface area contributed by atoms with E-state index in [1.54, 1.807) is 0 Å². The largest absolute Gasteiger partial charge is 0.311 e. The highest BCUT2D eigenvalue weighted by Gasteiger charge is 2.38. The molecular formula is C15H23BrN2. The number of rotatable bonds is 5. The Balaban J connectivity index is 1.86. The van der Waals surface area contributed by atoms with Crippen molar-refractivity contribution in [3.05, 3.63) is 33.8 Å². The topological polar surface area (TPSA) is 15.3 Å².